The summed E-state index contributed by atoms with van der Waals surface area (Å²) in [5, 5.41) is 16.1. The Hall–Kier alpha value is -3.05. The highest BCUT2D eigenvalue weighted by atomic mass is 16.6. The molecule has 3 aromatic heterocycles. The monoisotopic (exact) mass is 374 g/mol. The maximum absolute atomic E-state index is 12.4. The number of nitrogens with one attached hydrogen (secondary N) is 1. The van der Waals surface area contributed by atoms with Crippen molar-refractivity contribution < 1.29 is 23.8 Å². The lowest BCUT2D eigenvalue weighted by atomic mass is 10.2. The summed E-state index contributed by atoms with van der Waals surface area (Å²) in [4.78, 5) is 13.6. The maximum atomic E-state index is 12.4. The van der Waals surface area contributed by atoms with Gasteiger partial charge >= 0.3 is 5.97 Å². The number of quaternary nitrogens is 1. The summed E-state index contributed by atoms with van der Waals surface area (Å²) in [7, 11) is 0. The van der Waals surface area contributed by atoms with Crippen LogP contribution in [0.2, 0.25) is 0 Å². The standard InChI is InChI=1S/C16H19N7O4/c1-2-26-16(24)13-12(11-21-7-9-25-10-8-21)23(20-17-13)15-14(18-27-19-15)22-5-3-4-6-22/h3-6H,2,7-11H2,1H3/p+1. The summed E-state index contributed by atoms with van der Waals surface area (Å²) in [6.07, 6.45) is 3.64. The maximum Gasteiger partial charge on any atom is 0.361 e. The van der Waals surface area contributed by atoms with Crippen LogP contribution < -0.4 is 4.90 Å². The van der Waals surface area contributed by atoms with Crippen LogP contribution in [0.4, 0.5) is 0 Å². The third-order valence-electron chi connectivity index (χ3n) is 4.35. The number of rotatable bonds is 6. The molecule has 0 bridgehead atoms. The average molecular weight is 374 g/mol. The van der Waals surface area contributed by atoms with Crippen molar-refractivity contribution in [3.63, 3.8) is 0 Å². The van der Waals surface area contributed by atoms with Crippen molar-refractivity contribution in [3.05, 3.63) is 35.9 Å². The Bertz CT molecular complexity index is 896. The van der Waals surface area contributed by atoms with Gasteiger partial charge in [-0.1, -0.05) is 5.21 Å². The summed E-state index contributed by atoms with van der Waals surface area (Å²) in [6.45, 7) is 5.54. The van der Waals surface area contributed by atoms with Crippen LogP contribution in [0.1, 0.15) is 23.1 Å². The number of carbonyl (C=O) groups is 1. The lowest BCUT2D eigenvalue weighted by Crippen LogP contribution is -3.12. The second kappa shape index (κ2) is 7.68. The molecule has 1 N–H and O–H groups in total. The van der Waals surface area contributed by atoms with E-state index in [1.54, 1.807) is 11.5 Å². The first-order chi connectivity index (χ1) is 13.3. The molecule has 0 radical (unpaired) electrons. The molecule has 3 aromatic rings. The van der Waals surface area contributed by atoms with E-state index in [1.807, 2.05) is 24.5 Å². The van der Waals surface area contributed by atoms with E-state index in [1.165, 1.54) is 9.58 Å². The number of morpholine rings is 1. The minimum absolute atomic E-state index is 0.178. The van der Waals surface area contributed by atoms with Gasteiger partial charge in [0.25, 0.3) is 0 Å². The molecule has 0 saturated carbocycles. The summed E-state index contributed by atoms with van der Waals surface area (Å²) < 4.78 is 18.7. The molecule has 1 aliphatic rings. The van der Waals surface area contributed by atoms with Crippen molar-refractivity contribution in [3.8, 4) is 11.6 Å². The molecule has 0 spiro atoms. The first-order valence-corrected chi connectivity index (χ1v) is 8.77. The fraction of sp³-hybridized carbons (Fsp3) is 0.438. The van der Waals surface area contributed by atoms with E-state index >= 15 is 0 Å². The molecule has 0 unspecified atom stereocenters. The first-order valence-electron chi connectivity index (χ1n) is 8.77. The Morgan fingerprint density at radius 3 is 2.70 bits per heavy atom. The summed E-state index contributed by atoms with van der Waals surface area (Å²) in [5.74, 6) is 0.306. The molecule has 4 heterocycles. The van der Waals surface area contributed by atoms with Crippen molar-refractivity contribution >= 4 is 5.97 Å². The number of hydrogen-bond acceptors (Lipinski definition) is 8. The summed E-state index contributed by atoms with van der Waals surface area (Å²) in [5.41, 5.74) is 0.784. The van der Waals surface area contributed by atoms with Gasteiger partial charge in [0.15, 0.2) is 5.69 Å². The van der Waals surface area contributed by atoms with E-state index in [4.69, 9.17) is 14.1 Å². The largest absolute Gasteiger partial charge is 0.461 e. The van der Waals surface area contributed by atoms with Gasteiger partial charge in [0, 0.05) is 12.4 Å². The molecule has 142 valence electrons. The molecule has 0 aliphatic carbocycles. The molecule has 4 rings (SSSR count). The van der Waals surface area contributed by atoms with Crippen LogP contribution in [-0.4, -0.2) is 68.8 Å². The van der Waals surface area contributed by atoms with Gasteiger partial charge in [0.05, 0.1) is 19.8 Å². The quantitative estimate of drug-likeness (QED) is 0.548. The van der Waals surface area contributed by atoms with E-state index in [-0.39, 0.29) is 12.3 Å². The third kappa shape index (κ3) is 3.46. The average Bonchev–Trinajstić information content (AvgIpc) is 3.42. The molecule has 11 heteroatoms. The molecular formula is C16H20N7O4+. The fourth-order valence-electron chi connectivity index (χ4n) is 3.01. The lowest BCUT2D eigenvalue weighted by molar-refractivity contribution is -0.921. The van der Waals surface area contributed by atoms with Crippen molar-refractivity contribution in [1.29, 1.82) is 0 Å². The minimum Gasteiger partial charge on any atom is -0.461 e. The number of carbonyl (C=O) groups excluding carboxylic acids is 1. The number of aromatic nitrogens is 6. The van der Waals surface area contributed by atoms with Crippen LogP contribution in [0, 0.1) is 0 Å². The molecule has 1 fully saturated rings. The Balaban J connectivity index is 1.74. The predicted octanol–water partition coefficient (Wildman–Crippen LogP) is -0.967. The Kier molecular flexibility index (Phi) is 4.94. The summed E-state index contributed by atoms with van der Waals surface area (Å²) >= 11 is 0. The number of nitrogens with zero attached hydrogens (tertiary/aromatic N) is 6. The highest BCUT2D eigenvalue weighted by Crippen LogP contribution is 2.18. The number of ether oxygens (including phenoxy) is 2. The topological polar surface area (TPSA) is 115 Å². The Morgan fingerprint density at radius 1 is 1.22 bits per heavy atom. The number of esters is 1. The van der Waals surface area contributed by atoms with E-state index in [0.717, 1.165) is 13.1 Å². The lowest BCUT2D eigenvalue weighted by Gasteiger charge is -2.23. The normalized spacial score (nSPS) is 15.1. The van der Waals surface area contributed by atoms with Crippen LogP contribution in [0.5, 0.6) is 0 Å². The molecule has 1 aliphatic heterocycles. The van der Waals surface area contributed by atoms with Gasteiger partial charge in [0.2, 0.25) is 11.6 Å². The van der Waals surface area contributed by atoms with E-state index in [9.17, 15) is 4.79 Å². The predicted molar refractivity (Wildman–Crippen MR) is 89.7 cm³/mol. The van der Waals surface area contributed by atoms with Gasteiger partial charge in [0.1, 0.15) is 25.3 Å². The van der Waals surface area contributed by atoms with E-state index in [2.05, 4.69) is 20.6 Å². The van der Waals surface area contributed by atoms with Crippen molar-refractivity contribution in [2.45, 2.75) is 13.5 Å². The van der Waals surface area contributed by atoms with Crippen molar-refractivity contribution in [1.82, 2.24) is 29.9 Å². The van der Waals surface area contributed by atoms with Gasteiger partial charge < -0.3 is 18.9 Å². The molecular weight excluding hydrogens is 354 g/mol. The van der Waals surface area contributed by atoms with Crippen LogP contribution >= 0.6 is 0 Å². The third-order valence-corrected chi connectivity index (χ3v) is 4.35. The van der Waals surface area contributed by atoms with Gasteiger partial charge in [-0.05, 0) is 29.4 Å². The zero-order chi connectivity index (χ0) is 18.6. The van der Waals surface area contributed by atoms with Gasteiger partial charge in [-0.15, -0.1) is 5.10 Å². The highest BCUT2D eigenvalue weighted by Gasteiger charge is 2.29. The molecule has 11 nitrogen and oxygen atoms in total. The van der Waals surface area contributed by atoms with Crippen LogP contribution in [0.15, 0.2) is 29.2 Å². The van der Waals surface area contributed by atoms with Gasteiger partial charge in [-0.25, -0.2) is 9.42 Å². The molecule has 27 heavy (non-hydrogen) atoms. The van der Waals surface area contributed by atoms with Gasteiger partial charge in [-0.3, -0.25) is 0 Å². The minimum atomic E-state index is -0.509. The van der Waals surface area contributed by atoms with E-state index < -0.39 is 5.97 Å². The zero-order valence-corrected chi connectivity index (χ0v) is 14.9. The van der Waals surface area contributed by atoms with Crippen molar-refractivity contribution in [2.75, 3.05) is 32.9 Å². The first kappa shape index (κ1) is 17.4. The SMILES string of the molecule is CCOC(=O)c1nnn(-c2nonc2-n2cccc2)c1C[NH+]1CCOCC1. The van der Waals surface area contributed by atoms with Gasteiger partial charge in [-0.2, -0.15) is 4.68 Å². The highest BCUT2D eigenvalue weighted by molar-refractivity contribution is 5.88. The van der Waals surface area contributed by atoms with E-state index in [0.29, 0.717) is 37.1 Å². The second-order valence-electron chi connectivity index (χ2n) is 6.06. The summed E-state index contributed by atoms with van der Waals surface area (Å²) in [6, 6.07) is 3.73. The van der Waals surface area contributed by atoms with Crippen molar-refractivity contribution in [2.24, 2.45) is 0 Å². The Labute approximate surface area is 154 Å². The molecule has 0 aromatic carbocycles. The van der Waals surface area contributed by atoms with Crippen LogP contribution in [0.25, 0.3) is 11.6 Å². The van der Waals surface area contributed by atoms with Crippen LogP contribution in [0.3, 0.4) is 0 Å². The van der Waals surface area contributed by atoms with Crippen LogP contribution in [-0.2, 0) is 16.0 Å². The smallest absolute Gasteiger partial charge is 0.361 e. The second-order valence-corrected chi connectivity index (χ2v) is 6.06. The molecule has 0 amide bonds. The number of hydrogen-bond donors (Lipinski definition) is 1. The fourth-order valence-corrected chi connectivity index (χ4v) is 3.01. The zero-order valence-electron chi connectivity index (χ0n) is 14.9. The molecule has 0 atom stereocenters. The molecule has 1 saturated heterocycles. The Morgan fingerprint density at radius 2 is 1.96 bits per heavy atom.